The fourth-order valence-corrected chi connectivity index (χ4v) is 1.91. The summed E-state index contributed by atoms with van der Waals surface area (Å²) in [6, 6.07) is 3.21. The van der Waals surface area contributed by atoms with E-state index in [4.69, 9.17) is 16.7 Å². The number of halogens is 2. The first-order chi connectivity index (χ1) is 8.04. The Kier molecular flexibility index (Phi) is 5.74. The molecule has 0 aromatic heterocycles. The highest BCUT2D eigenvalue weighted by molar-refractivity contribution is 9.10. The molecule has 1 aromatic carbocycles. The van der Waals surface area contributed by atoms with E-state index in [0.29, 0.717) is 23.7 Å². The number of urea groups is 1. The Labute approximate surface area is 113 Å². The summed E-state index contributed by atoms with van der Waals surface area (Å²) in [6.07, 6.45) is 0.531. The summed E-state index contributed by atoms with van der Waals surface area (Å²) in [7, 11) is 0. The molecule has 0 aliphatic carbocycles. The Hall–Kier alpha value is -0.780. The van der Waals surface area contributed by atoms with Crippen LogP contribution in [0.3, 0.4) is 0 Å². The van der Waals surface area contributed by atoms with Crippen molar-refractivity contribution in [3.05, 3.63) is 27.2 Å². The average molecular weight is 322 g/mol. The Balaban J connectivity index is 2.62. The zero-order chi connectivity index (χ0) is 12.8. The second kappa shape index (κ2) is 6.83. The number of aliphatic hydroxyl groups excluding tert-OH is 1. The highest BCUT2D eigenvalue weighted by Crippen LogP contribution is 2.28. The lowest BCUT2D eigenvalue weighted by Gasteiger charge is -2.10. The maximum absolute atomic E-state index is 11.5. The van der Waals surface area contributed by atoms with E-state index in [1.807, 2.05) is 13.0 Å². The molecule has 0 atom stereocenters. The van der Waals surface area contributed by atoms with Gasteiger partial charge in [0, 0.05) is 22.6 Å². The van der Waals surface area contributed by atoms with Crippen LogP contribution in [0.2, 0.25) is 5.02 Å². The van der Waals surface area contributed by atoms with Crippen molar-refractivity contribution in [1.29, 1.82) is 0 Å². The summed E-state index contributed by atoms with van der Waals surface area (Å²) in [5.41, 5.74) is 1.55. The minimum absolute atomic E-state index is 0.0559. The van der Waals surface area contributed by atoms with Gasteiger partial charge in [-0.15, -0.1) is 0 Å². The minimum Gasteiger partial charge on any atom is -0.396 e. The standard InChI is InChI=1S/C11H14BrClN2O2/c1-7-5-8(12)10(6-9(7)13)15-11(17)14-3-2-4-16/h5-6,16H,2-4H2,1H3,(H2,14,15,17). The number of carbonyl (C=O) groups is 1. The second-order valence-corrected chi connectivity index (χ2v) is 4.80. The van der Waals surface area contributed by atoms with Crippen LogP contribution >= 0.6 is 27.5 Å². The van der Waals surface area contributed by atoms with Crippen molar-refractivity contribution in [3.8, 4) is 0 Å². The molecule has 0 spiro atoms. The highest BCUT2D eigenvalue weighted by atomic mass is 79.9. The van der Waals surface area contributed by atoms with Crippen molar-refractivity contribution in [2.24, 2.45) is 0 Å². The molecular formula is C11H14BrClN2O2. The first-order valence-corrected chi connectivity index (χ1v) is 6.33. The van der Waals surface area contributed by atoms with Crippen molar-refractivity contribution in [1.82, 2.24) is 5.32 Å². The molecule has 94 valence electrons. The van der Waals surface area contributed by atoms with Crippen LogP contribution in [0.25, 0.3) is 0 Å². The van der Waals surface area contributed by atoms with Gasteiger partial charge in [0.15, 0.2) is 0 Å². The molecule has 0 radical (unpaired) electrons. The van der Waals surface area contributed by atoms with Gasteiger partial charge in [0.25, 0.3) is 0 Å². The number of nitrogens with one attached hydrogen (secondary N) is 2. The quantitative estimate of drug-likeness (QED) is 0.747. The number of aliphatic hydroxyl groups is 1. The number of carbonyl (C=O) groups excluding carboxylic acids is 1. The van der Waals surface area contributed by atoms with Gasteiger partial charge in [-0.2, -0.15) is 0 Å². The third kappa shape index (κ3) is 4.53. The lowest BCUT2D eigenvalue weighted by atomic mass is 10.2. The summed E-state index contributed by atoms with van der Waals surface area (Å²) in [5, 5.41) is 14.5. The van der Waals surface area contributed by atoms with Crippen LogP contribution in [0.5, 0.6) is 0 Å². The average Bonchev–Trinajstić information content (AvgIpc) is 2.26. The Morgan fingerprint density at radius 1 is 1.53 bits per heavy atom. The van der Waals surface area contributed by atoms with Gasteiger partial charge in [-0.3, -0.25) is 0 Å². The summed E-state index contributed by atoms with van der Waals surface area (Å²) in [6.45, 7) is 2.37. The molecule has 0 fully saturated rings. The van der Waals surface area contributed by atoms with Crippen molar-refractivity contribution in [2.75, 3.05) is 18.5 Å². The second-order valence-electron chi connectivity index (χ2n) is 3.54. The van der Waals surface area contributed by atoms with E-state index in [9.17, 15) is 4.79 Å². The van der Waals surface area contributed by atoms with Crippen LogP contribution in [0.15, 0.2) is 16.6 Å². The van der Waals surface area contributed by atoms with Gasteiger partial charge in [0.1, 0.15) is 0 Å². The number of benzene rings is 1. The summed E-state index contributed by atoms with van der Waals surface area (Å²) < 4.78 is 0.775. The SMILES string of the molecule is Cc1cc(Br)c(NC(=O)NCCCO)cc1Cl. The summed E-state index contributed by atoms with van der Waals surface area (Å²) >= 11 is 9.32. The lowest BCUT2D eigenvalue weighted by molar-refractivity contribution is 0.249. The molecule has 1 rings (SSSR count). The fourth-order valence-electron chi connectivity index (χ4n) is 1.19. The predicted octanol–water partition coefficient (Wildman–Crippen LogP) is 2.91. The Bertz CT molecular complexity index is 413. The number of rotatable bonds is 4. The van der Waals surface area contributed by atoms with E-state index in [1.54, 1.807) is 6.07 Å². The van der Waals surface area contributed by atoms with Crippen LogP contribution in [0.1, 0.15) is 12.0 Å². The van der Waals surface area contributed by atoms with Crippen LogP contribution in [0.4, 0.5) is 10.5 Å². The van der Waals surface area contributed by atoms with Gasteiger partial charge in [-0.1, -0.05) is 11.6 Å². The molecule has 3 N–H and O–H groups in total. The van der Waals surface area contributed by atoms with Gasteiger partial charge in [0.2, 0.25) is 0 Å². The smallest absolute Gasteiger partial charge is 0.319 e. The van der Waals surface area contributed by atoms with Crippen molar-refractivity contribution < 1.29 is 9.90 Å². The van der Waals surface area contributed by atoms with Crippen LogP contribution < -0.4 is 10.6 Å². The molecule has 17 heavy (non-hydrogen) atoms. The van der Waals surface area contributed by atoms with Crippen molar-refractivity contribution in [2.45, 2.75) is 13.3 Å². The Morgan fingerprint density at radius 2 is 2.24 bits per heavy atom. The van der Waals surface area contributed by atoms with E-state index >= 15 is 0 Å². The number of hydrogen-bond donors (Lipinski definition) is 3. The molecule has 1 aromatic rings. The molecule has 0 heterocycles. The molecule has 4 nitrogen and oxygen atoms in total. The van der Waals surface area contributed by atoms with Gasteiger partial charge in [-0.25, -0.2) is 4.79 Å². The van der Waals surface area contributed by atoms with Gasteiger partial charge < -0.3 is 15.7 Å². The third-order valence-electron chi connectivity index (χ3n) is 2.12. The molecule has 0 saturated carbocycles. The first-order valence-electron chi connectivity index (χ1n) is 5.16. The lowest BCUT2D eigenvalue weighted by Crippen LogP contribution is -2.30. The zero-order valence-corrected chi connectivity index (χ0v) is 11.7. The summed E-state index contributed by atoms with van der Waals surface area (Å²) in [5.74, 6) is 0. The number of amides is 2. The van der Waals surface area contributed by atoms with Crippen molar-refractivity contribution >= 4 is 39.2 Å². The molecule has 2 amide bonds. The van der Waals surface area contributed by atoms with Gasteiger partial charge in [0.05, 0.1) is 5.69 Å². The topological polar surface area (TPSA) is 61.4 Å². The molecule has 0 unspecified atom stereocenters. The highest BCUT2D eigenvalue weighted by Gasteiger charge is 2.07. The number of anilines is 1. The Morgan fingerprint density at radius 3 is 2.88 bits per heavy atom. The predicted molar refractivity (Wildman–Crippen MR) is 72.6 cm³/mol. The van der Waals surface area contributed by atoms with Gasteiger partial charge >= 0.3 is 6.03 Å². The van der Waals surface area contributed by atoms with Crippen LogP contribution in [0, 0.1) is 6.92 Å². The molecular weight excluding hydrogens is 307 g/mol. The van der Waals surface area contributed by atoms with E-state index in [2.05, 4.69) is 26.6 Å². The molecule has 0 saturated heterocycles. The van der Waals surface area contributed by atoms with E-state index in [0.717, 1.165) is 10.0 Å². The van der Waals surface area contributed by atoms with Crippen LogP contribution in [-0.2, 0) is 0 Å². The molecule has 0 aliphatic heterocycles. The van der Waals surface area contributed by atoms with E-state index in [-0.39, 0.29) is 12.6 Å². The van der Waals surface area contributed by atoms with Gasteiger partial charge in [-0.05, 0) is 47.0 Å². The summed E-state index contributed by atoms with van der Waals surface area (Å²) in [4.78, 5) is 11.5. The van der Waals surface area contributed by atoms with E-state index < -0.39 is 0 Å². The minimum atomic E-state index is -0.320. The maximum Gasteiger partial charge on any atom is 0.319 e. The maximum atomic E-state index is 11.5. The number of hydrogen-bond acceptors (Lipinski definition) is 2. The first kappa shape index (κ1) is 14.3. The number of aryl methyl sites for hydroxylation is 1. The largest absolute Gasteiger partial charge is 0.396 e. The molecule has 0 bridgehead atoms. The van der Waals surface area contributed by atoms with Crippen molar-refractivity contribution in [3.63, 3.8) is 0 Å². The molecule has 6 heteroatoms. The van der Waals surface area contributed by atoms with E-state index in [1.165, 1.54) is 0 Å². The monoisotopic (exact) mass is 320 g/mol. The normalized spacial score (nSPS) is 10.1. The third-order valence-corrected chi connectivity index (χ3v) is 3.18. The fraction of sp³-hybridized carbons (Fsp3) is 0.364. The zero-order valence-electron chi connectivity index (χ0n) is 9.39. The van der Waals surface area contributed by atoms with Crippen LogP contribution in [-0.4, -0.2) is 24.3 Å². The molecule has 0 aliphatic rings.